The van der Waals surface area contributed by atoms with Crippen molar-refractivity contribution >= 4 is 40.0 Å². The molecule has 2 heterocycles. The number of para-hydroxylation sites is 1. The van der Waals surface area contributed by atoms with Crippen LogP contribution in [0.15, 0.2) is 66.1 Å². The maximum absolute atomic E-state index is 12.7. The molecule has 8 heteroatoms. The average Bonchev–Trinajstić information content (AvgIpc) is 3.32. The predicted molar refractivity (Wildman–Crippen MR) is 133 cm³/mol. The largest absolute Gasteiger partial charge is 0.337 e. The van der Waals surface area contributed by atoms with Gasteiger partial charge in [-0.05, 0) is 35.9 Å². The molecule has 2 aromatic carbocycles. The van der Waals surface area contributed by atoms with Gasteiger partial charge in [-0.3, -0.25) is 19.4 Å². The lowest BCUT2D eigenvalue weighted by Crippen LogP contribution is -2.47. The first kappa shape index (κ1) is 23.4. The molecule has 1 aliphatic heterocycles. The summed E-state index contributed by atoms with van der Waals surface area (Å²) in [5, 5.41) is 11.3. The molecule has 0 unspecified atom stereocenters. The van der Waals surface area contributed by atoms with Gasteiger partial charge >= 0.3 is 0 Å². The van der Waals surface area contributed by atoms with E-state index in [1.807, 2.05) is 64.9 Å². The van der Waals surface area contributed by atoms with Crippen LogP contribution in [-0.4, -0.2) is 52.8 Å². The van der Waals surface area contributed by atoms with Gasteiger partial charge in [-0.2, -0.15) is 5.26 Å². The summed E-state index contributed by atoms with van der Waals surface area (Å²) < 4.78 is 0. The third-order valence-electron chi connectivity index (χ3n) is 5.60. The molecule has 0 atom stereocenters. The maximum atomic E-state index is 12.7. The minimum absolute atomic E-state index is 0.0425. The van der Waals surface area contributed by atoms with Gasteiger partial charge in [-0.1, -0.05) is 30.3 Å². The Kier molecular flexibility index (Phi) is 7.48. The number of carbonyl (C=O) groups excluding carboxylic acids is 2. The maximum Gasteiger partial charge on any atom is 0.246 e. The van der Waals surface area contributed by atoms with Gasteiger partial charge in [0.25, 0.3) is 0 Å². The van der Waals surface area contributed by atoms with E-state index in [0.29, 0.717) is 29.5 Å². The first-order chi connectivity index (χ1) is 16.5. The smallest absolute Gasteiger partial charge is 0.246 e. The molecule has 1 fully saturated rings. The first-order valence-corrected chi connectivity index (χ1v) is 11.9. The third-order valence-corrected chi connectivity index (χ3v) is 6.44. The average molecular weight is 472 g/mol. The highest BCUT2D eigenvalue weighted by molar-refractivity contribution is 7.14. The normalized spacial score (nSPS) is 14.2. The molecule has 0 spiro atoms. The number of piperazine rings is 1. The second kappa shape index (κ2) is 10.9. The Balaban J connectivity index is 1.32. The summed E-state index contributed by atoms with van der Waals surface area (Å²) in [6.45, 7) is 5.23. The second-order valence-corrected chi connectivity index (χ2v) is 8.82. The molecule has 4 rings (SSSR count). The zero-order valence-electron chi connectivity index (χ0n) is 18.9. The molecular formula is C26H25N5O2S. The van der Waals surface area contributed by atoms with E-state index in [2.05, 4.69) is 16.0 Å². The van der Waals surface area contributed by atoms with Crippen LogP contribution in [0.3, 0.4) is 0 Å². The molecule has 0 N–H and O–H groups in total. The molecular weight excluding hydrogens is 446 g/mol. The standard InChI is InChI=1S/C26H25N5O2S/c1-20(32)31(24-5-3-2-4-6-24)26-28-23(19-34-26)11-12-25(33)30-15-13-29(14-16-30)18-22-9-7-21(17-27)8-10-22/h2-12,19H,13-16,18H2,1H3/b12-11+. The zero-order valence-corrected chi connectivity index (χ0v) is 19.7. The summed E-state index contributed by atoms with van der Waals surface area (Å²) in [7, 11) is 0. The number of benzene rings is 2. The monoisotopic (exact) mass is 471 g/mol. The molecule has 2 amide bonds. The number of rotatable bonds is 6. The topological polar surface area (TPSA) is 80.5 Å². The summed E-state index contributed by atoms with van der Waals surface area (Å²) in [6, 6.07) is 19.1. The molecule has 172 valence electrons. The Morgan fingerprint density at radius 2 is 1.79 bits per heavy atom. The van der Waals surface area contributed by atoms with Crippen LogP contribution in [0.5, 0.6) is 0 Å². The summed E-state index contributed by atoms with van der Waals surface area (Å²) in [4.78, 5) is 35.1. The van der Waals surface area contributed by atoms with Crippen LogP contribution in [0, 0.1) is 11.3 Å². The molecule has 3 aromatic rings. The molecule has 1 aliphatic rings. The van der Waals surface area contributed by atoms with Crippen molar-refractivity contribution in [2.24, 2.45) is 0 Å². The number of aromatic nitrogens is 1. The van der Waals surface area contributed by atoms with Gasteiger partial charge in [-0.15, -0.1) is 11.3 Å². The van der Waals surface area contributed by atoms with Gasteiger partial charge in [0.1, 0.15) is 0 Å². The number of nitriles is 1. The van der Waals surface area contributed by atoms with Crippen molar-refractivity contribution < 1.29 is 9.59 Å². The Bertz CT molecular complexity index is 1210. The highest BCUT2D eigenvalue weighted by atomic mass is 32.1. The predicted octanol–water partition coefficient (Wildman–Crippen LogP) is 4.06. The van der Waals surface area contributed by atoms with Crippen LogP contribution >= 0.6 is 11.3 Å². The molecule has 0 radical (unpaired) electrons. The lowest BCUT2D eigenvalue weighted by Gasteiger charge is -2.34. The second-order valence-electron chi connectivity index (χ2n) is 7.99. The van der Waals surface area contributed by atoms with Gasteiger partial charge in [0, 0.05) is 51.1 Å². The summed E-state index contributed by atoms with van der Waals surface area (Å²) in [6.07, 6.45) is 3.25. The van der Waals surface area contributed by atoms with Gasteiger partial charge in [0.15, 0.2) is 5.13 Å². The summed E-state index contributed by atoms with van der Waals surface area (Å²) in [5.41, 5.74) is 3.23. The number of hydrogen-bond acceptors (Lipinski definition) is 6. The number of amides is 2. The number of anilines is 2. The highest BCUT2D eigenvalue weighted by Gasteiger charge is 2.20. The lowest BCUT2D eigenvalue weighted by molar-refractivity contribution is -0.127. The minimum Gasteiger partial charge on any atom is -0.337 e. The molecule has 7 nitrogen and oxygen atoms in total. The first-order valence-electron chi connectivity index (χ1n) is 11.0. The van der Waals surface area contributed by atoms with Crippen molar-refractivity contribution in [2.45, 2.75) is 13.5 Å². The van der Waals surface area contributed by atoms with Gasteiger partial charge in [0.2, 0.25) is 11.8 Å². The highest BCUT2D eigenvalue weighted by Crippen LogP contribution is 2.29. The molecule has 0 bridgehead atoms. The van der Waals surface area contributed by atoms with E-state index in [4.69, 9.17) is 5.26 Å². The fraction of sp³-hybridized carbons (Fsp3) is 0.231. The van der Waals surface area contributed by atoms with E-state index >= 15 is 0 Å². The summed E-state index contributed by atoms with van der Waals surface area (Å²) >= 11 is 1.36. The minimum atomic E-state index is -0.119. The van der Waals surface area contributed by atoms with Crippen molar-refractivity contribution in [2.75, 3.05) is 31.1 Å². The third kappa shape index (κ3) is 5.76. The fourth-order valence-electron chi connectivity index (χ4n) is 3.79. The molecule has 34 heavy (non-hydrogen) atoms. The van der Waals surface area contributed by atoms with E-state index < -0.39 is 0 Å². The van der Waals surface area contributed by atoms with Crippen molar-refractivity contribution in [3.8, 4) is 6.07 Å². The van der Waals surface area contributed by atoms with Crippen LogP contribution in [0.25, 0.3) is 6.08 Å². The number of carbonyl (C=O) groups is 2. The van der Waals surface area contributed by atoms with Crippen LogP contribution in [0.2, 0.25) is 0 Å². The van der Waals surface area contributed by atoms with E-state index in [0.717, 1.165) is 30.9 Å². The Labute approximate surface area is 203 Å². The molecule has 1 saturated heterocycles. The van der Waals surface area contributed by atoms with Crippen LogP contribution < -0.4 is 4.90 Å². The Morgan fingerprint density at radius 3 is 2.44 bits per heavy atom. The molecule has 1 aromatic heterocycles. The van der Waals surface area contributed by atoms with E-state index in [1.54, 1.807) is 17.1 Å². The molecule has 0 aliphatic carbocycles. The van der Waals surface area contributed by atoms with Crippen LogP contribution in [0.4, 0.5) is 10.8 Å². The molecule has 0 saturated carbocycles. The van der Waals surface area contributed by atoms with E-state index in [1.165, 1.54) is 18.3 Å². The number of thiazole rings is 1. The van der Waals surface area contributed by atoms with Crippen LogP contribution in [0.1, 0.15) is 23.7 Å². The fourth-order valence-corrected chi connectivity index (χ4v) is 4.65. The summed E-state index contributed by atoms with van der Waals surface area (Å²) in [5.74, 6) is -0.162. The van der Waals surface area contributed by atoms with Gasteiger partial charge in [0.05, 0.1) is 23.0 Å². The number of hydrogen-bond donors (Lipinski definition) is 0. The number of nitrogens with zero attached hydrogens (tertiary/aromatic N) is 5. The quantitative estimate of drug-likeness (QED) is 0.507. The Morgan fingerprint density at radius 1 is 1.09 bits per heavy atom. The van der Waals surface area contributed by atoms with E-state index in [-0.39, 0.29) is 11.8 Å². The van der Waals surface area contributed by atoms with Crippen molar-refractivity contribution in [3.05, 3.63) is 82.9 Å². The van der Waals surface area contributed by atoms with Crippen molar-refractivity contribution in [3.63, 3.8) is 0 Å². The van der Waals surface area contributed by atoms with Crippen molar-refractivity contribution in [1.29, 1.82) is 5.26 Å². The zero-order chi connectivity index (χ0) is 23.9. The van der Waals surface area contributed by atoms with Crippen LogP contribution in [-0.2, 0) is 16.1 Å². The van der Waals surface area contributed by atoms with Crippen molar-refractivity contribution in [1.82, 2.24) is 14.8 Å². The van der Waals surface area contributed by atoms with E-state index in [9.17, 15) is 9.59 Å². The SMILES string of the molecule is CC(=O)N(c1ccccc1)c1nc(/C=C/C(=O)N2CCN(Cc3ccc(C#N)cc3)CC2)cs1. The lowest BCUT2D eigenvalue weighted by atomic mass is 10.1. The Hall–Kier alpha value is -3.80. The van der Waals surface area contributed by atoms with Gasteiger partial charge in [-0.25, -0.2) is 4.98 Å². The van der Waals surface area contributed by atoms with Gasteiger partial charge < -0.3 is 4.90 Å².